The van der Waals surface area contributed by atoms with Gasteiger partial charge in [-0.1, -0.05) is 179 Å². The molecule has 0 amide bonds. The van der Waals surface area contributed by atoms with E-state index in [4.69, 9.17) is 0 Å². The number of fused-ring (bicyclic) bond motifs is 13. The molecule has 1 fully saturated rings. The summed E-state index contributed by atoms with van der Waals surface area (Å²) in [6.07, 6.45) is 6.62. The number of hydrogen-bond donors (Lipinski definition) is 0. The highest BCUT2D eigenvalue weighted by Crippen LogP contribution is 2.63. The van der Waals surface area contributed by atoms with E-state index in [9.17, 15) is 0 Å². The summed E-state index contributed by atoms with van der Waals surface area (Å²) >= 11 is 0. The summed E-state index contributed by atoms with van der Waals surface area (Å²) < 4.78 is 0. The van der Waals surface area contributed by atoms with Crippen molar-refractivity contribution in [3.05, 3.63) is 221 Å². The van der Waals surface area contributed by atoms with Crippen LogP contribution in [0, 0.1) is 0 Å². The van der Waals surface area contributed by atoms with Gasteiger partial charge in [0.15, 0.2) is 0 Å². The molecule has 1 heteroatoms. The predicted molar refractivity (Wildman–Crippen MR) is 246 cm³/mol. The van der Waals surface area contributed by atoms with Crippen LogP contribution in [0.15, 0.2) is 182 Å². The molecule has 1 nitrogen and oxygen atoms in total. The first kappa shape index (κ1) is 34.6. The number of nitrogens with zero attached hydrogens (tertiary/aromatic N) is 1. The number of anilines is 3. The lowest BCUT2D eigenvalue weighted by atomic mass is 9.70. The summed E-state index contributed by atoms with van der Waals surface area (Å²) in [5.74, 6) is 0.642. The lowest BCUT2D eigenvalue weighted by Gasteiger charge is -2.32. The van der Waals surface area contributed by atoms with Crippen LogP contribution in [0.5, 0.6) is 0 Å². The van der Waals surface area contributed by atoms with Gasteiger partial charge in [-0.3, -0.25) is 0 Å². The Morgan fingerprint density at radius 1 is 0.373 bits per heavy atom. The molecule has 0 atom stereocenters. The minimum Gasteiger partial charge on any atom is -0.310 e. The van der Waals surface area contributed by atoms with Crippen molar-refractivity contribution in [1.29, 1.82) is 0 Å². The third kappa shape index (κ3) is 4.91. The number of rotatable bonds is 5. The summed E-state index contributed by atoms with van der Waals surface area (Å²) in [5, 5.41) is 0. The smallest absolute Gasteiger partial charge is 0.0726 e. The maximum atomic E-state index is 2.52. The second-order valence-electron chi connectivity index (χ2n) is 17.8. The first-order chi connectivity index (χ1) is 29.0. The van der Waals surface area contributed by atoms with Crippen LogP contribution < -0.4 is 4.90 Å². The van der Waals surface area contributed by atoms with Crippen molar-refractivity contribution in [3.8, 4) is 44.5 Å². The van der Waals surface area contributed by atoms with Crippen molar-refractivity contribution >= 4 is 17.1 Å². The summed E-state index contributed by atoms with van der Waals surface area (Å²) in [5.41, 5.74) is 23.4. The molecule has 0 radical (unpaired) electrons. The molecule has 59 heavy (non-hydrogen) atoms. The lowest BCUT2D eigenvalue weighted by Crippen LogP contribution is -2.26. The van der Waals surface area contributed by atoms with Crippen LogP contribution in [0.3, 0.4) is 0 Å². The van der Waals surface area contributed by atoms with E-state index < -0.39 is 5.41 Å². The Morgan fingerprint density at radius 2 is 0.797 bits per heavy atom. The Morgan fingerprint density at radius 3 is 1.37 bits per heavy atom. The van der Waals surface area contributed by atoms with Crippen molar-refractivity contribution in [2.45, 2.75) is 62.7 Å². The van der Waals surface area contributed by atoms with Gasteiger partial charge in [-0.25, -0.2) is 0 Å². The van der Waals surface area contributed by atoms with Crippen molar-refractivity contribution in [2.24, 2.45) is 0 Å². The summed E-state index contributed by atoms with van der Waals surface area (Å²) in [7, 11) is 0. The van der Waals surface area contributed by atoms with Crippen LogP contribution in [0.1, 0.15) is 90.8 Å². The van der Waals surface area contributed by atoms with Crippen molar-refractivity contribution in [3.63, 3.8) is 0 Å². The zero-order valence-electron chi connectivity index (χ0n) is 33.9. The summed E-state index contributed by atoms with van der Waals surface area (Å²) in [4.78, 5) is 2.51. The van der Waals surface area contributed by atoms with E-state index in [0.29, 0.717) is 5.92 Å². The van der Waals surface area contributed by atoms with Crippen LogP contribution in [-0.4, -0.2) is 0 Å². The molecule has 0 N–H and O–H groups in total. The van der Waals surface area contributed by atoms with Crippen molar-refractivity contribution in [2.75, 3.05) is 4.90 Å². The van der Waals surface area contributed by atoms with E-state index in [1.54, 1.807) is 0 Å². The third-order valence-electron chi connectivity index (χ3n) is 14.5. The first-order valence-electron chi connectivity index (χ1n) is 21.7. The van der Waals surface area contributed by atoms with Gasteiger partial charge in [-0.15, -0.1) is 0 Å². The molecule has 8 aromatic rings. The van der Waals surface area contributed by atoms with Gasteiger partial charge in [-0.05, 0) is 139 Å². The van der Waals surface area contributed by atoms with Gasteiger partial charge in [-0.2, -0.15) is 0 Å². The second kappa shape index (κ2) is 13.0. The molecular weight excluding hydrogens is 711 g/mol. The molecule has 1 spiro atoms. The fourth-order valence-electron chi connectivity index (χ4n) is 11.8. The highest BCUT2D eigenvalue weighted by atomic mass is 15.1. The van der Waals surface area contributed by atoms with E-state index in [2.05, 4.69) is 201 Å². The molecule has 4 aliphatic carbocycles. The van der Waals surface area contributed by atoms with Gasteiger partial charge in [0.25, 0.3) is 0 Å². The lowest BCUT2D eigenvalue weighted by molar-refractivity contribution is 0.444. The van der Waals surface area contributed by atoms with Gasteiger partial charge < -0.3 is 4.90 Å². The Balaban J connectivity index is 1.06. The predicted octanol–water partition coefficient (Wildman–Crippen LogP) is 15.5. The Hall–Kier alpha value is -6.44. The van der Waals surface area contributed by atoms with E-state index in [1.165, 1.54) is 127 Å². The van der Waals surface area contributed by atoms with Crippen LogP contribution in [-0.2, 0) is 10.8 Å². The fourth-order valence-corrected chi connectivity index (χ4v) is 11.8. The minimum atomic E-state index is -0.408. The summed E-state index contributed by atoms with van der Waals surface area (Å²) in [6, 6.07) is 69.4. The fraction of sp³-hybridized carbons (Fsp3) is 0.172. The minimum absolute atomic E-state index is 0.110. The van der Waals surface area contributed by atoms with Gasteiger partial charge >= 0.3 is 0 Å². The standard InChI is InChI=1S/C58H47N/c1-57(2)51-24-12-8-20-45(51)49-34-32-41(36-55(49)57)59(40-30-28-39(29-31-40)44-19-7-6-18-43(44)38-16-4-3-5-17-38)42-33-35-50-48-23-11-15-27-54(48)58(56(50)37-42)52-25-13-9-21-46(52)47-22-10-14-26-53(47)58/h6-15,18-38H,3-5,16-17H2,1-2H3. The Labute approximate surface area is 348 Å². The number of benzene rings is 8. The molecule has 1 saturated carbocycles. The molecule has 12 rings (SSSR count). The van der Waals surface area contributed by atoms with E-state index in [1.807, 2.05) is 0 Å². The zero-order valence-corrected chi connectivity index (χ0v) is 33.9. The number of hydrogen-bond acceptors (Lipinski definition) is 1. The average molecular weight is 758 g/mol. The van der Waals surface area contributed by atoms with E-state index >= 15 is 0 Å². The molecule has 0 saturated heterocycles. The van der Waals surface area contributed by atoms with E-state index in [0.717, 1.165) is 5.69 Å². The highest BCUT2D eigenvalue weighted by molar-refractivity contribution is 5.96. The largest absolute Gasteiger partial charge is 0.310 e. The second-order valence-corrected chi connectivity index (χ2v) is 17.8. The molecule has 0 aromatic heterocycles. The molecule has 284 valence electrons. The molecule has 0 aliphatic heterocycles. The molecule has 0 heterocycles. The topological polar surface area (TPSA) is 3.24 Å². The molecular formula is C58H47N. The van der Waals surface area contributed by atoms with Crippen LogP contribution in [0.2, 0.25) is 0 Å². The Bertz CT molecular complexity index is 2890. The maximum Gasteiger partial charge on any atom is 0.0726 e. The maximum absolute atomic E-state index is 2.52. The quantitative estimate of drug-likeness (QED) is 0.169. The van der Waals surface area contributed by atoms with Gasteiger partial charge in [0.1, 0.15) is 0 Å². The molecule has 0 bridgehead atoms. The molecule has 0 unspecified atom stereocenters. The van der Waals surface area contributed by atoms with Crippen molar-refractivity contribution < 1.29 is 0 Å². The average Bonchev–Trinajstić information content (AvgIpc) is 3.85. The van der Waals surface area contributed by atoms with Crippen LogP contribution >= 0.6 is 0 Å². The SMILES string of the molecule is CC1(C)c2ccccc2-c2ccc(N(c3ccc(-c4ccccc4C4CCCCC4)cc3)c3ccc4c(c3)C3(c5ccccc5-c5ccccc53)c3ccccc3-4)cc21. The molecule has 4 aliphatic rings. The van der Waals surface area contributed by atoms with Crippen LogP contribution in [0.4, 0.5) is 17.1 Å². The monoisotopic (exact) mass is 757 g/mol. The summed E-state index contributed by atoms with van der Waals surface area (Å²) in [6.45, 7) is 4.77. The zero-order chi connectivity index (χ0) is 39.3. The molecule has 8 aromatic carbocycles. The van der Waals surface area contributed by atoms with E-state index in [-0.39, 0.29) is 5.41 Å². The van der Waals surface area contributed by atoms with Gasteiger partial charge in [0.05, 0.1) is 5.41 Å². The normalized spacial score (nSPS) is 16.2. The first-order valence-corrected chi connectivity index (χ1v) is 21.7. The van der Waals surface area contributed by atoms with Gasteiger partial charge in [0.2, 0.25) is 0 Å². The third-order valence-corrected chi connectivity index (χ3v) is 14.5. The van der Waals surface area contributed by atoms with Crippen molar-refractivity contribution in [1.82, 2.24) is 0 Å². The highest BCUT2D eigenvalue weighted by Gasteiger charge is 2.51. The van der Waals surface area contributed by atoms with Crippen LogP contribution in [0.25, 0.3) is 44.5 Å². The van der Waals surface area contributed by atoms with Gasteiger partial charge in [0, 0.05) is 22.5 Å². The Kier molecular flexibility index (Phi) is 7.64.